The van der Waals surface area contributed by atoms with Gasteiger partial charge in [0.05, 0.1) is 6.10 Å². The number of hydrogen-bond acceptors (Lipinski definition) is 4. The average Bonchev–Trinajstić information content (AvgIpc) is 2.42. The number of nitrogens with zero attached hydrogens (tertiary/aromatic N) is 1. The van der Waals surface area contributed by atoms with Crippen LogP contribution in [0.25, 0.3) is 0 Å². The molecular formula is C17H23NO3. The molecule has 0 amide bonds. The first-order chi connectivity index (χ1) is 10.1. The Morgan fingerprint density at radius 3 is 2.76 bits per heavy atom. The van der Waals surface area contributed by atoms with Gasteiger partial charge in [0.15, 0.2) is 0 Å². The van der Waals surface area contributed by atoms with E-state index in [4.69, 9.17) is 4.74 Å². The van der Waals surface area contributed by atoms with Crippen LogP contribution >= 0.6 is 0 Å². The molecule has 21 heavy (non-hydrogen) atoms. The van der Waals surface area contributed by atoms with Crippen molar-refractivity contribution in [1.82, 2.24) is 4.90 Å². The van der Waals surface area contributed by atoms with Crippen molar-refractivity contribution in [3.05, 3.63) is 35.9 Å². The summed E-state index contributed by atoms with van der Waals surface area (Å²) < 4.78 is 5.26. The fraction of sp³-hybridized carbons (Fsp3) is 0.588. The third kappa shape index (κ3) is 2.83. The van der Waals surface area contributed by atoms with Crippen molar-refractivity contribution in [1.29, 1.82) is 0 Å². The molecule has 1 aromatic carbocycles. The van der Waals surface area contributed by atoms with Gasteiger partial charge in [-0.25, -0.2) is 0 Å². The van der Waals surface area contributed by atoms with Crippen LogP contribution in [0.4, 0.5) is 0 Å². The van der Waals surface area contributed by atoms with Crippen molar-refractivity contribution in [2.45, 2.75) is 57.5 Å². The maximum Gasteiger partial charge on any atom is 0.302 e. The third-order valence-corrected chi connectivity index (χ3v) is 4.80. The summed E-state index contributed by atoms with van der Waals surface area (Å²) >= 11 is 0. The van der Waals surface area contributed by atoms with Gasteiger partial charge >= 0.3 is 5.97 Å². The number of ether oxygens (including phenoxy) is 1. The lowest BCUT2D eigenvalue weighted by molar-refractivity contribution is -0.207. The number of esters is 1. The number of hydrogen-bond donors (Lipinski definition) is 1. The van der Waals surface area contributed by atoms with Crippen molar-refractivity contribution in [3.8, 4) is 0 Å². The zero-order valence-electron chi connectivity index (χ0n) is 12.6. The predicted octanol–water partition coefficient (Wildman–Crippen LogP) is 1.96. The van der Waals surface area contributed by atoms with E-state index in [-0.39, 0.29) is 18.2 Å². The molecule has 5 atom stereocenters. The second kappa shape index (κ2) is 5.78. The van der Waals surface area contributed by atoms with E-state index in [9.17, 15) is 9.90 Å². The molecule has 3 rings (SSSR count). The van der Waals surface area contributed by atoms with Crippen LogP contribution in [0, 0.1) is 5.92 Å². The molecule has 2 aliphatic rings. The number of aliphatic hydroxyl groups is 1. The van der Waals surface area contributed by atoms with Gasteiger partial charge in [0.1, 0.15) is 6.10 Å². The van der Waals surface area contributed by atoms with E-state index in [0.29, 0.717) is 18.0 Å². The summed E-state index contributed by atoms with van der Waals surface area (Å²) in [4.78, 5) is 13.4. The van der Waals surface area contributed by atoms with Crippen LogP contribution in [0.1, 0.15) is 32.3 Å². The van der Waals surface area contributed by atoms with Crippen LogP contribution < -0.4 is 0 Å². The van der Waals surface area contributed by atoms with E-state index >= 15 is 0 Å². The lowest BCUT2D eigenvalue weighted by Crippen LogP contribution is -2.75. The Kier molecular flexibility index (Phi) is 4.00. The van der Waals surface area contributed by atoms with Gasteiger partial charge in [0.2, 0.25) is 0 Å². The highest BCUT2D eigenvalue weighted by Crippen LogP contribution is 2.49. The molecule has 114 valence electrons. The molecular weight excluding hydrogens is 266 g/mol. The van der Waals surface area contributed by atoms with Gasteiger partial charge in [-0.05, 0) is 24.8 Å². The van der Waals surface area contributed by atoms with Crippen LogP contribution in [0.3, 0.4) is 0 Å². The summed E-state index contributed by atoms with van der Waals surface area (Å²) in [6.45, 7) is 4.26. The first kappa shape index (κ1) is 14.5. The predicted molar refractivity (Wildman–Crippen MR) is 79.5 cm³/mol. The van der Waals surface area contributed by atoms with Crippen molar-refractivity contribution < 1.29 is 14.6 Å². The van der Waals surface area contributed by atoms with Gasteiger partial charge in [0, 0.05) is 32.0 Å². The first-order valence-electron chi connectivity index (χ1n) is 7.71. The number of aliphatic hydroxyl groups excluding tert-OH is 1. The highest BCUT2D eigenvalue weighted by atomic mass is 16.5. The van der Waals surface area contributed by atoms with Gasteiger partial charge in [-0.15, -0.1) is 0 Å². The second-order valence-electron chi connectivity index (χ2n) is 6.34. The molecule has 4 nitrogen and oxygen atoms in total. The molecule has 1 N–H and O–H groups in total. The summed E-state index contributed by atoms with van der Waals surface area (Å²) in [6.07, 6.45) is 1.47. The van der Waals surface area contributed by atoms with E-state index in [0.717, 1.165) is 19.4 Å². The van der Waals surface area contributed by atoms with Gasteiger partial charge in [0.25, 0.3) is 0 Å². The van der Waals surface area contributed by atoms with Gasteiger partial charge in [-0.1, -0.05) is 30.3 Å². The number of carbonyl (C=O) groups excluding carboxylic acids is 1. The van der Waals surface area contributed by atoms with Crippen molar-refractivity contribution in [2.75, 3.05) is 0 Å². The minimum absolute atomic E-state index is 0.0653. The maximum absolute atomic E-state index is 11.1. The minimum Gasteiger partial charge on any atom is -0.463 e. The Bertz CT molecular complexity index is 504. The fourth-order valence-electron chi connectivity index (χ4n) is 3.86. The Morgan fingerprint density at radius 1 is 1.43 bits per heavy atom. The lowest BCUT2D eigenvalue weighted by Gasteiger charge is -2.64. The monoisotopic (exact) mass is 289 g/mol. The maximum atomic E-state index is 11.1. The smallest absolute Gasteiger partial charge is 0.302 e. The normalized spacial score (nSPS) is 32.5. The molecule has 0 radical (unpaired) electrons. The summed E-state index contributed by atoms with van der Waals surface area (Å²) in [5.41, 5.74) is 1.26. The summed E-state index contributed by atoms with van der Waals surface area (Å²) in [5, 5.41) is 9.96. The van der Waals surface area contributed by atoms with Crippen molar-refractivity contribution >= 4 is 5.97 Å². The second-order valence-corrected chi connectivity index (χ2v) is 6.34. The first-order valence-corrected chi connectivity index (χ1v) is 7.71. The molecule has 1 heterocycles. The standard InChI is InChI=1S/C17H23NO3/c1-11(21-12(2)19)8-15-14-9-16(20)17(14)18(15)10-13-6-4-3-5-7-13/h3-7,11,14-17,20H,8-10H2,1-2H3. The van der Waals surface area contributed by atoms with Crippen molar-refractivity contribution in [3.63, 3.8) is 0 Å². The fourth-order valence-corrected chi connectivity index (χ4v) is 3.86. The number of benzene rings is 1. The Labute approximate surface area is 125 Å². The summed E-state index contributed by atoms with van der Waals surface area (Å²) in [5.74, 6) is 0.336. The third-order valence-electron chi connectivity index (χ3n) is 4.80. The SMILES string of the molecule is CC(=O)OC(C)CC1C2CC(O)C2N1Cc1ccccc1. The largest absolute Gasteiger partial charge is 0.463 e. The molecule has 1 saturated carbocycles. The van der Waals surface area contributed by atoms with Crippen LogP contribution in [0.2, 0.25) is 0 Å². The van der Waals surface area contributed by atoms with E-state index in [1.807, 2.05) is 25.1 Å². The van der Waals surface area contributed by atoms with Crippen LogP contribution in [0.5, 0.6) is 0 Å². The molecule has 0 bridgehead atoms. The molecule has 1 saturated heterocycles. The van der Waals surface area contributed by atoms with E-state index < -0.39 is 0 Å². The molecule has 5 unspecified atom stereocenters. The molecule has 2 fully saturated rings. The Morgan fingerprint density at radius 2 is 2.14 bits per heavy atom. The zero-order chi connectivity index (χ0) is 15.0. The number of fused-ring (bicyclic) bond motifs is 1. The molecule has 1 aliphatic carbocycles. The van der Waals surface area contributed by atoms with Gasteiger partial charge in [-0.2, -0.15) is 0 Å². The average molecular weight is 289 g/mol. The number of rotatable bonds is 5. The summed E-state index contributed by atoms with van der Waals surface area (Å²) in [6, 6.07) is 11.0. The highest BCUT2D eigenvalue weighted by molar-refractivity contribution is 5.66. The van der Waals surface area contributed by atoms with Crippen LogP contribution in [-0.4, -0.2) is 40.3 Å². The highest BCUT2D eigenvalue weighted by Gasteiger charge is 2.58. The Balaban J connectivity index is 1.63. The number of carbonyl (C=O) groups is 1. The van der Waals surface area contributed by atoms with Gasteiger partial charge in [-0.3, -0.25) is 9.69 Å². The van der Waals surface area contributed by atoms with Crippen LogP contribution in [0.15, 0.2) is 30.3 Å². The summed E-state index contributed by atoms with van der Waals surface area (Å²) in [7, 11) is 0. The molecule has 1 aliphatic heterocycles. The van der Waals surface area contributed by atoms with Gasteiger partial charge < -0.3 is 9.84 Å². The minimum atomic E-state index is -0.221. The van der Waals surface area contributed by atoms with E-state index in [1.165, 1.54) is 12.5 Å². The number of likely N-dealkylation sites (tertiary alicyclic amines) is 1. The number of piperidine rings is 1. The Hall–Kier alpha value is -1.39. The molecule has 1 aromatic rings. The van der Waals surface area contributed by atoms with E-state index in [1.54, 1.807) is 0 Å². The quantitative estimate of drug-likeness (QED) is 0.842. The van der Waals surface area contributed by atoms with E-state index in [2.05, 4.69) is 17.0 Å². The molecule has 0 spiro atoms. The van der Waals surface area contributed by atoms with Crippen molar-refractivity contribution in [2.24, 2.45) is 5.92 Å². The molecule has 4 heteroatoms. The topological polar surface area (TPSA) is 49.8 Å². The molecule has 0 aromatic heterocycles. The zero-order valence-corrected chi connectivity index (χ0v) is 12.6. The van der Waals surface area contributed by atoms with Crippen LogP contribution in [-0.2, 0) is 16.1 Å². The lowest BCUT2D eigenvalue weighted by atomic mass is 9.62.